The van der Waals surface area contributed by atoms with E-state index in [-0.39, 0.29) is 10.9 Å². The summed E-state index contributed by atoms with van der Waals surface area (Å²) in [7, 11) is -3.41. The van der Waals surface area contributed by atoms with Crippen molar-refractivity contribution in [3.8, 4) is 0 Å². The van der Waals surface area contributed by atoms with E-state index in [1.54, 1.807) is 6.07 Å². The van der Waals surface area contributed by atoms with Crippen molar-refractivity contribution >= 4 is 15.8 Å². The number of nitrogens with two attached hydrogens (primary N) is 1. The fourth-order valence-corrected chi connectivity index (χ4v) is 3.66. The van der Waals surface area contributed by atoms with Crippen LogP contribution in [-0.2, 0) is 10.0 Å². The molecule has 2 heterocycles. The lowest BCUT2D eigenvalue weighted by Gasteiger charge is -2.20. The van der Waals surface area contributed by atoms with Crippen molar-refractivity contribution in [1.29, 1.82) is 0 Å². The molecule has 1 aliphatic rings. The summed E-state index contributed by atoms with van der Waals surface area (Å²) in [6.07, 6.45) is 3.15. The number of nitrogens with one attached hydrogen (secondary N) is 1. The molecule has 1 atom stereocenters. The number of anilines is 1. The van der Waals surface area contributed by atoms with E-state index in [0.29, 0.717) is 12.4 Å². The SMILES string of the molecule is CC1CCCN1S(=O)(=O)c1ccc(NN)nc1. The van der Waals surface area contributed by atoms with Crippen LogP contribution in [0.15, 0.2) is 23.2 Å². The third-order valence-corrected chi connectivity index (χ3v) is 4.98. The van der Waals surface area contributed by atoms with Gasteiger partial charge in [-0.25, -0.2) is 19.2 Å². The third-order valence-electron chi connectivity index (χ3n) is 2.98. The first-order chi connectivity index (χ1) is 8.05. The van der Waals surface area contributed by atoms with E-state index in [1.807, 2.05) is 6.92 Å². The van der Waals surface area contributed by atoms with Gasteiger partial charge in [-0.15, -0.1) is 0 Å². The Bertz CT molecular complexity index is 486. The van der Waals surface area contributed by atoms with Crippen LogP contribution in [0.25, 0.3) is 0 Å². The first-order valence-corrected chi connectivity index (χ1v) is 6.94. The van der Waals surface area contributed by atoms with Gasteiger partial charge in [-0.3, -0.25) is 0 Å². The minimum atomic E-state index is -3.41. The summed E-state index contributed by atoms with van der Waals surface area (Å²) in [5.74, 6) is 5.62. The number of aromatic nitrogens is 1. The zero-order chi connectivity index (χ0) is 12.5. The van der Waals surface area contributed by atoms with Gasteiger partial charge in [0.1, 0.15) is 10.7 Å². The Kier molecular flexibility index (Phi) is 3.32. The maximum Gasteiger partial charge on any atom is 0.244 e. The fourth-order valence-electron chi connectivity index (χ4n) is 2.02. The van der Waals surface area contributed by atoms with Crippen molar-refractivity contribution in [1.82, 2.24) is 9.29 Å². The van der Waals surface area contributed by atoms with Crippen LogP contribution in [0.1, 0.15) is 19.8 Å². The number of nitrogen functional groups attached to an aromatic ring is 1. The molecule has 1 unspecified atom stereocenters. The molecule has 1 fully saturated rings. The number of nitrogens with zero attached hydrogens (tertiary/aromatic N) is 2. The van der Waals surface area contributed by atoms with E-state index in [1.165, 1.54) is 16.6 Å². The Morgan fingerprint density at radius 1 is 1.53 bits per heavy atom. The van der Waals surface area contributed by atoms with Gasteiger partial charge in [0.2, 0.25) is 10.0 Å². The Hall–Kier alpha value is -1.18. The summed E-state index contributed by atoms with van der Waals surface area (Å²) < 4.78 is 26.1. The summed E-state index contributed by atoms with van der Waals surface area (Å²) in [5.41, 5.74) is 2.36. The highest BCUT2D eigenvalue weighted by Gasteiger charge is 2.32. The molecule has 17 heavy (non-hydrogen) atoms. The van der Waals surface area contributed by atoms with Gasteiger partial charge in [0.15, 0.2) is 0 Å². The lowest BCUT2D eigenvalue weighted by atomic mass is 10.3. The number of hydrogen-bond donors (Lipinski definition) is 2. The highest BCUT2D eigenvalue weighted by Crippen LogP contribution is 2.25. The van der Waals surface area contributed by atoms with Crippen molar-refractivity contribution in [3.63, 3.8) is 0 Å². The van der Waals surface area contributed by atoms with Gasteiger partial charge < -0.3 is 5.43 Å². The second-order valence-electron chi connectivity index (χ2n) is 4.13. The highest BCUT2D eigenvalue weighted by atomic mass is 32.2. The quantitative estimate of drug-likeness (QED) is 0.608. The topological polar surface area (TPSA) is 88.3 Å². The number of sulfonamides is 1. The largest absolute Gasteiger partial charge is 0.308 e. The first kappa shape index (κ1) is 12.3. The van der Waals surface area contributed by atoms with E-state index in [9.17, 15) is 8.42 Å². The molecule has 0 radical (unpaired) electrons. The zero-order valence-electron chi connectivity index (χ0n) is 9.63. The van der Waals surface area contributed by atoms with Gasteiger partial charge in [-0.05, 0) is 31.9 Å². The molecule has 0 aliphatic carbocycles. The van der Waals surface area contributed by atoms with Crippen LogP contribution >= 0.6 is 0 Å². The summed E-state index contributed by atoms with van der Waals surface area (Å²) >= 11 is 0. The van der Waals surface area contributed by atoms with Gasteiger partial charge >= 0.3 is 0 Å². The molecule has 1 saturated heterocycles. The van der Waals surface area contributed by atoms with Gasteiger partial charge in [-0.2, -0.15) is 4.31 Å². The molecular weight excluding hydrogens is 240 g/mol. The van der Waals surface area contributed by atoms with Crippen LogP contribution in [0, 0.1) is 0 Å². The molecule has 0 saturated carbocycles. The Labute approximate surface area is 101 Å². The first-order valence-electron chi connectivity index (χ1n) is 5.50. The molecule has 0 bridgehead atoms. The van der Waals surface area contributed by atoms with Gasteiger partial charge in [0.25, 0.3) is 0 Å². The van der Waals surface area contributed by atoms with Crippen LogP contribution < -0.4 is 11.3 Å². The fraction of sp³-hybridized carbons (Fsp3) is 0.500. The van der Waals surface area contributed by atoms with Crippen molar-refractivity contribution in [2.75, 3.05) is 12.0 Å². The molecule has 3 N–H and O–H groups in total. The molecule has 0 spiro atoms. The Morgan fingerprint density at radius 3 is 2.76 bits per heavy atom. The third kappa shape index (κ3) is 2.26. The second kappa shape index (κ2) is 4.59. The second-order valence-corrected chi connectivity index (χ2v) is 6.02. The van der Waals surface area contributed by atoms with Crippen LogP contribution in [-0.4, -0.2) is 30.3 Å². The van der Waals surface area contributed by atoms with Crippen molar-refractivity contribution < 1.29 is 8.42 Å². The minimum absolute atomic E-state index is 0.0623. The summed E-state index contributed by atoms with van der Waals surface area (Å²) in [4.78, 5) is 4.13. The van der Waals surface area contributed by atoms with Crippen LogP contribution in [0.2, 0.25) is 0 Å². The van der Waals surface area contributed by atoms with Gasteiger partial charge in [0.05, 0.1) is 0 Å². The summed E-state index contributed by atoms with van der Waals surface area (Å²) in [6, 6.07) is 3.13. The van der Waals surface area contributed by atoms with Crippen LogP contribution in [0.5, 0.6) is 0 Å². The van der Waals surface area contributed by atoms with E-state index >= 15 is 0 Å². The monoisotopic (exact) mass is 256 g/mol. The lowest BCUT2D eigenvalue weighted by molar-refractivity contribution is 0.408. The maximum absolute atomic E-state index is 12.3. The summed E-state index contributed by atoms with van der Waals surface area (Å²) in [5, 5.41) is 0. The van der Waals surface area contributed by atoms with E-state index < -0.39 is 10.0 Å². The Morgan fingerprint density at radius 2 is 2.29 bits per heavy atom. The van der Waals surface area contributed by atoms with Gasteiger partial charge in [0, 0.05) is 18.8 Å². The van der Waals surface area contributed by atoms with Crippen molar-refractivity contribution in [2.45, 2.75) is 30.7 Å². The van der Waals surface area contributed by atoms with E-state index in [2.05, 4.69) is 10.4 Å². The number of rotatable bonds is 3. The molecule has 1 aromatic heterocycles. The zero-order valence-corrected chi connectivity index (χ0v) is 10.4. The molecule has 0 amide bonds. The normalized spacial score (nSPS) is 21.6. The lowest BCUT2D eigenvalue weighted by Crippen LogP contribution is -2.33. The standard InChI is InChI=1S/C10H16N4O2S/c1-8-3-2-6-14(8)17(15,16)9-4-5-10(13-11)12-7-9/h4-5,7-8H,2-3,6,11H2,1H3,(H,12,13). The van der Waals surface area contributed by atoms with Gasteiger partial charge in [-0.1, -0.05) is 0 Å². The number of hydrogen-bond acceptors (Lipinski definition) is 5. The van der Waals surface area contributed by atoms with Crippen LogP contribution in [0.3, 0.4) is 0 Å². The molecule has 6 nitrogen and oxygen atoms in total. The number of pyridine rings is 1. The molecule has 1 aliphatic heterocycles. The highest BCUT2D eigenvalue weighted by molar-refractivity contribution is 7.89. The maximum atomic E-state index is 12.3. The average molecular weight is 256 g/mol. The van der Waals surface area contributed by atoms with E-state index in [4.69, 9.17) is 5.84 Å². The van der Waals surface area contributed by atoms with Crippen LogP contribution in [0.4, 0.5) is 5.82 Å². The number of hydrazine groups is 1. The summed E-state index contributed by atoms with van der Waals surface area (Å²) in [6.45, 7) is 2.51. The average Bonchev–Trinajstić information content (AvgIpc) is 2.76. The van der Waals surface area contributed by atoms with E-state index in [0.717, 1.165) is 12.8 Å². The molecular formula is C10H16N4O2S. The molecule has 1 aromatic rings. The minimum Gasteiger partial charge on any atom is -0.308 e. The predicted octanol–water partition coefficient (Wildman–Crippen LogP) is 0.540. The molecule has 0 aromatic carbocycles. The van der Waals surface area contributed by atoms with Crippen molar-refractivity contribution in [2.24, 2.45) is 5.84 Å². The smallest absolute Gasteiger partial charge is 0.244 e. The Balaban J connectivity index is 2.31. The predicted molar refractivity (Wildman–Crippen MR) is 64.6 cm³/mol. The molecule has 2 rings (SSSR count). The molecule has 94 valence electrons. The molecule has 7 heteroatoms. The van der Waals surface area contributed by atoms with Crippen molar-refractivity contribution in [3.05, 3.63) is 18.3 Å².